The van der Waals surface area contributed by atoms with Crippen LogP contribution in [0.15, 0.2) is 220 Å². The van der Waals surface area contributed by atoms with Crippen LogP contribution < -0.4 is 0 Å². The van der Waals surface area contributed by atoms with E-state index >= 15 is 0 Å². The normalized spacial score (nSPS) is 18.6. The lowest BCUT2D eigenvalue weighted by molar-refractivity contribution is -0.121. The van der Waals surface area contributed by atoms with Gasteiger partial charge in [0.1, 0.15) is 22.6 Å². The molecule has 12 aromatic heterocycles. The molecule has 24 rings (SSSR count). The second kappa shape index (κ2) is 48.0. The number of fused-ring (bicyclic) bond motifs is 48. The summed E-state index contributed by atoms with van der Waals surface area (Å²) in [5, 5.41) is 7.14. The van der Waals surface area contributed by atoms with E-state index in [1.165, 1.54) is 0 Å². The number of hydrogen-bond donors (Lipinski definition) is 0. The van der Waals surface area contributed by atoms with E-state index < -0.39 is 0 Å². The van der Waals surface area contributed by atoms with Crippen molar-refractivity contribution in [2.24, 2.45) is 0 Å². The molecule has 0 spiro atoms. The van der Waals surface area contributed by atoms with Crippen molar-refractivity contribution in [3.63, 3.8) is 0 Å². The number of aromatic nitrogens is 12. The number of rotatable bonds is 0. The molecule has 0 amide bonds. The molecule has 0 radical (unpaired) electrons. The van der Waals surface area contributed by atoms with Gasteiger partial charge < -0.3 is 103 Å². The van der Waals surface area contributed by atoms with Crippen LogP contribution in [-0.2, 0) is 157 Å². The van der Waals surface area contributed by atoms with E-state index in [-0.39, 0.29) is 71.9 Å². The van der Waals surface area contributed by atoms with Crippen molar-refractivity contribution >= 4 is 179 Å². The Morgan fingerprint density at radius 1 is 0.160 bits per heavy atom. The molecular formula is C116H116N12O22. The summed E-state index contributed by atoms with van der Waals surface area (Å²) >= 11 is 0. The highest BCUT2D eigenvalue weighted by molar-refractivity contribution is 6.55. The molecule has 772 valence electrons. The van der Waals surface area contributed by atoms with Gasteiger partial charge in [-0.3, -0.25) is 38.4 Å². The summed E-state index contributed by atoms with van der Waals surface area (Å²) < 4.78 is 96.2. The number of carbonyl (C=O) groups is 8. The molecule has 16 heterocycles. The highest BCUT2D eigenvalue weighted by atomic mass is 16.6. The molecule has 4 aliphatic heterocycles. The maximum Gasteiger partial charge on any atom is 0.172 e. The number of Topliss-reactive ketones (excluding diaryl/α,β-unsaturated/α-hetero) is 8. The lowest BCUT2D eigenvalue weighted by Crippen LogP contribution is -2.14. The highest BCUT2D eigenvalue weighted by Gasteiger charge is 2.41. The number of para-hydroxylation sites is 4. The van der Waals surface area contributed by atoms with Gasteiger partial charge in [0.2, 0.25) is 0 Å². The van der Waals surface area contributed by atoms with E-state index in [9.17, 15) is 38.4 Å². The molecule has 4 aliphatic carbocycles. The standard InChI is InChI=1S/C31H32N2O6.C29H30N4O6.C29H28N2O5.C27H26N4O5/c34-28-19-29(35)31-25-21-33(27-8-4-2-6-23(25)27)10-12-37-14-16-39-18-17-38-15-13-36-11-9-32-20-24(30(28)31)22-5-1-3-7-26(22)32;34-24-17-25(35)27-23-19-33(29-21(23)4-2-6-31-29)8-10-37-12-14-39-16-15-38-13-11-36-9-7-32-18-22(26(24)27)20-3-1-5-30-28(20)32;32-26-17-27(33)29-23-19-31(25-8-4-2-6-21(23)25)10-12-35-14-16-36-15-13-34-11-9-30-18-22(28(26)29)20-5-1-3-7-24(20)30;32-22-15-23(33)25-21-17-31(27-19(21)4-2-6-29-27)8-10-35-12-14-36-13-11-34-9-7-30-16-20(24(22)25)18-3-1-5-28-26(18)30/h1-8,20-21H,9-19H2;1-6,18-19H,7-17H2;1-8,18-19H,9-17H2;1-6,16-17H,7-15H2. The summed E-state index contributed by atoms with van der Waals surface area (Å²) in [6.07, 6.45) is 22.0. The number of allylic oxidation sites excluding steroid dienone is 8. The fourth-order valence-corrected chi connectivity index (χ4v) is 21.1. The maximum atomic E-state index is 13.4. The fraction of sp³-hybridized carbons (Fsp3) is 0.345. The van der Waals surface area contributed by atoms with Crippen LogP contribution in [0.4, 0.5) is 0 Å². The molecule has 0 fully saturated rings. The van der Waals surface area contributed by atoms with E-state index in [1.807, 2.05) is 213 Å². The van der Waals surface area contributed by atoms with Crippen LogP contribution >= 0.6 is 0 Å². The van der Waals surface area contributed by atoms with Crippen LogP contribution in [0.25, 0.3) is 132 Å². The number of ketones is 8. The van der Waals surface area contributed by atoms with Crippen LogP contribution in [-0.4, -0.2) is 288 Å². The predicted molar refractivity (Wildman–Crippen MR) is 564 cm³/mol. The minimum atomic E-state index is -0.186. The van der Waals surface area contributed by atoms with Gasteiger partial charge in [-0.05, 0) is 72.8 Å². The fourth-order valence-electron chi connectivity index (χ4n) is 21.1. The molecule has 0 atom stereocenters. The predicted octanol–water partition coefficient (Wildman–Crippen LogP) is 14.1. The third-order valence-corrected chi connectivity index (χ3v) is 27.9. The Bertz CT molecular complexity index is 7010. The average molecular weight is 2030 g/mol. The minimum absolute atomic E-state index is 0.101. The van der Waals surface area contributed by atoms with Crippen molar-refractivity contribution in [3.05, 3.63) is 264 Å². The van der Waals surface area contributed by atoms with Gasteiger partial charge in [0.15, 0.2) is 46.3 Å². The molecule has 150 heavy (non-hydrogen) atoms. The van der Waals surface area contributed by atoms with Crippen molar-refractivity contribution in [2.75, 3.05) is 185 Å². The number of carbonyl (C=O) groups excluding carboxylic acids is 8. The summed E-state index contributed by atoms with van der Waals surface area (Å²) in [7, 11) is 0. The molecule has 34 nitrogen and oxygen atoms in total. The van der Waals surface area contributed by atoms with Gasteiger partial charge in [-0.25, -0.2) is 19.9 Å². The first-order valence-electron chi connectivity index (χ1n) is 51.3. The van der Waals surface area contributed by atoms with Gasteiger partial charge in [-0.1, -0.05) is 72.8 Å². The number of nitrogens with zero attached hydrogens (tertiary/aromatic N) is 12. The minimum Gasteiger partial charge on any atom is -0.377 e. The van der Waals surface area contributed by atoms with Crippen molar-refractivity contribution < 1.29 is 105 Å². The molecule has 16 bridgehead atoms. The van der Waals surface area contributed by atoms with Crippen LogP contribution in [0, 0.1) is 0 Å². The van der Waals surface area contributed by atoms with Gasteiger partial charge in [0.05, 0.1) is 211 Å². The molecule has 0 N–H and O–H groups in total. The largest absolute Gasteiger partial charge is 0.377 e. The first-order valence-corrected chi connectivity index (χ1v) is 51.3. The first-order chi connectivity index (χ1) is 73.9. The Balaban J connectivity index is 0.000000117. The summed E-state index contributed by atoms with van der Waals surface area (Å²) in [5.41, 5.74) is 16.9. The Labute approximate surface area is 862 Å². The van der Waals surface area contributed by atoms with E-state index in [0.717, 1.165) is 121 Å². The lowest BCUT2D eigenvalue weighted by atomic mass is 9.95. The Morgan fingerprint density at radius 2 is 0.300 bits per heavy atom. The van der Waals surface area contributed by atoms with Crippen LogP contribution in [0.1, 0.15) is 70.2 Å². The van der Waals surface area contributed by atoms with Crippen LogP contribution in [0.5, 0.6) is 0 Å². The van der Waals surface area contributed by atoms with Gasteiger partial charge in [-0.15, -0.1) is 0 Å². The number of pyridine rings is 4. The maximum absolute atomic E-state index is 13.4. The number of hydrogen-bond acceptors (Lipinski definition) is 26. The van der Waals surface area contributed by atoms with Crippen molar-refractivity contribution in [2.45, 2.75) is 78.0 Å². The van der Waals surface area contributed by atoms with E-state index in [2.05, 4.69) is 38.2 Å². The SMILES string of the molecule is O=C1CC(=O)C2=C1c1cn(c3ccccc13)CCOCCOCCOCCOCCn1cc2c2ccccc21.O=C1CC(=O)C2=C1c1cn(c3ccccc13)CCOCCOCCOCCn1cc2c2ccccc21.O=C1CC(=O)C2=C1c1cn(c3ncccc13)CCOCCOCCOCCOCCn1cc2c2cccnc21.O=C1CC(=O)C2=C1c1cn(c3ncccc13)CCOCCOCCOCCn1cc2c2cccnc21. The topological polar surface area (TPSA) is 357 Å². The third kappa shape index (κ3) is 21.9. The summed E-state index contributed by atoms with van der Waals surface area (Å²) in [5.74, 6) is -1.25. The van der Waals surface area contributed by atoms with E-state index in [0.29, 0.717) is 293 Å². The van der Waals surface area contributed by atoms with Gasteiger partial charge >= 0.3 is 0 Å². The summed E-state index contributed by atoms with van der Waals surface area (Å²) in [6, 6.07) is 47.2. The molecule has 0 unspecified atom stereocenters. The molecule has 0 saturated heterocycles. The number of ether oxygens (including phenoxy) is 14. The van der Waals surface area contributed by atoms with Crippen molar-refractivity contribution in [1.29, 1.82) is 0 Å². The number of benzene rings is 4. The molecular weight excluding hydrogens is 1910 g/mol. The molecule has 4 aromatic carbocycles. The Morgan fingerprint density at radius 3 is 0.480 bits per heavy atom. The summed E-state index contributed by atoms with van der Waals surface area (Å²) in [6.45, 7) is 18.4. The smallest absolute Gasteiger partial charge is 0.172 e. The van der Waals surface area contributed by atoms with Crippen molar-refractivity contribution in [3.8, 4) is 0 Å². The summed E-state index contributed by atoms with van der Waals surface area (Å²) in [4.78, 5) is 125. The Hall–Kier alpha value is -14.4. The zero-order valence-electron chi connectivity index (χ0n) is 83.4. The van der Waals surface area contributed by atoms with Crippen LogP contribution in [0.3, 0.4) is 0 Å². The zero-order valence-corrected chi connectivity index (χ0v) is 83.4. The van der Waals surface area contributed by atoms with Gasteiger partial charge in [-0.2, -0.15) is 0 Å². The monoisotopic (exact) mass is 2030 g/mol. The molecule has 8 aliphatic rings. The average Bonchev–Trinajstić information content (AvgIpc) is 1.59. The third-order valence-electron chi connectivity index (χ3n) is 27.9. The Kier molecular flexibility index (Phi) is 32.5. The second-order valence-corrected chi connectivity index (χ2v) is 37.1. The van der Waals surface area contributed by atoms with Gasteiger partial charge in [0, 0.05) is 281 Å². The second-order valence-electron chi connectivity index (χ2n) is 37.1. The molecule has 16 aromatic rings. The van der Waals surface area contributed by atoms with Crippen molar-refractivity contribution in [1.82, 2.24) is 56.5 Å². The quantitative estimate of drug-likeness (QED) is 0.127. The molecule has 34 heteroatoms. The van der Waals surface area contributed by atoms with Crippen LogP contribution in [0.2, 0.25) is 0 Å². The lowest BCUT2D eigenvalue weighted by Gasteiger charge is -2.09. The molecule has 0 saturated carbocycles. The van der Waals surface area contributed by atoms with Gasteiger partial charge in [0.25, 0.3) is 0 Å². The highest BCUT2D eigenvalue weighted by Crippen LogP contribution is 2.48. The van der Waals surface area contributed by atoms with E-state index in [4.69, 9.17) is 66.3 Å². The first kappa shape index (κ1) is 101. The zero-order chi connectivity index (χ0) is 102. The van der Waals surface area contributed by atoms with E-state index in [1.54, 1.807) is 24.8 Å².